The molecule has 1 N–H and O–H groups in total. The number of pyridine rings is 1. The maximum absolute atomic E-state index is 12.2. The second-order valence-electron chi connectivity index (χ2n) is 6.09. The number of nitrogens with zero attached hydrogens (tertiary/aromatic N) is 1. The van der Waals surface area contributed by atoms with Crippen LogP contribution in [-0.2, 0) is 9.53 Å². The molecule has 0 bridgehead atoms. The van der Waals surface area contributed by atoms with Crippen LogP contribution in [0.1, 0.15) is 45.1 Å². The second kappa shape index (κ2) is 7.02. The van der Waals surface area contributed by atoms with Crippen LogP contribution in [0.2, 0.25) is 0 Å². The lowest BCUT2D eigenvalue weighted by atomic mass is 10.0. The number of carbonyl (C=O) groups is 2. The van der Waals surface area contributed by atoms with Crippen LogP contribution in [0.5, 0.6) is 0 Å². The molecule has 0 spiro atoms. The highest BCUT2D eigenvalue weighted by Crippen LogP contribution is 2.13. The highest BCUT2D eigenvalue weighted by Gasteiger charge is 2.29. The molecule has 0 fully saturated rings. The fourth-order valence-electron chi connectivity index (χ4n) is 1.59. The Morgan fingerprint density at radius 2 is 1.90 bits per heavy atom. The average Bonchev–Trinajstić information content (AvgIpc) is 2.33. The predicted molar refractivity (Wildman–Crippen MR) is 83.9 cm³/mol. The van der Waals surface area contributed by atoms with Crippen LogP contribution in [0, 0.1) is 5.92 Å². The van der Waals surface area contributed by atoms with Gasteiger partial charge in [-0.1, -0.05) is 13.8 Å². The normalized spacial score (nSPS) is 12.9. The van der Waals surface area contributed by atoms with E-state index in [1.165, 1.54) is 6.20 Å². The van der Waals surface area contributed by atoms with E-state index in [0.29, 0.717) is 0 Å². The first kappa shape index (κ1) is 17.6. The summed E-state index contributed by atoms with van der Waals surface area (Å²) in [5.74, 6) is -0.922. The molecule has 116 valence electrons. The molecule has 0 radical (unpaired) electrons. The third-order valence-electron chi connectivity index (χ3n) is 2.57. The average molecular weight is 357 g/mol. The van der Waals surface area contributed by atoms with Crippen molar-refractivity contribution >= 4 is 27.8 Å². The third-order valence-corrected chi connectivity index (χ3v) is 3.04. The Bertz CT molecular complexity index is 507. The van der Waals surface area contributed by atoms with Gasteiger partial charge in [-0.05, 0) is 54.8 Å². The first-order chi connectivity index (χ1) is 9.60. The molecule has 1 rings (SSSR count). The zero-order valence-corrected chi connectivity index (χ0v) is 14.5. The number of halogens is 1. The molecule has 1 heterocycles. The van der Waals surface area contributed by atoms with Gasteiger partial charge in [0.25, 0.3) is 5.91 Å². The standard InChI is InChI=1S/C15H21BrN2O3/c1-9(2)12(14(20)21-15(3,4)5)18-13(19)11-7-6-10(16)8-17-11/h6-9,12H,1-5H3,(H,18,19)/t12-/m0/s1. The van der Waals surface area contributed by atoms with Crippen molar-refractivity contribution in [3.63, 3.8) is 0 Å². The van der Waals surface area contributed by atoms with Crippen LogP contribution in [0.25, 0.3) is 0 Å². The molecule has 1 atom stereocenters. The lowest BCUT2D eigenvalue weighted by Crippen LogP contribution is -2.47. The van der Waals surface area contributed by atoms with Crippen molar-refractivity contribution in [1.29, 1.82) is 0 Å². The maximum atomic E-state index is 12.2. The van der Waals surface area contributed by atoms with Gasteiger partial charge in [0, 0.05) is 10.7 Å². The van der Waals surface area contributed by atoms with Gasteiger partial charge in [0.05, 0.1) is 0 Å². The molecular weight excluding hydrogens is 336 g/mol. The monoisotopic (exact) mass is 356 g/mol. The largest absolute Gasteiger partial charge is 0.458 e. The van der Waals surface area contributed by atoms with Gasteiger partial charge in [0.2, 0.25) is 0 Å². The molecule has 5 nitrogen and oxygen atoms in total. The zero-order valence-electron chi connectivity index (χ0n) is 12.9. The number of ether oxygens (including phenoxy) is 1. The number of rotatable bonds is 4. The summed E-state index contributed by atoms with van der Waals surface area (Å²) < 4.78 is 6.12. The predicted octanol–water partition coefficient (Wildman–Crippen LogP) is 2.94. The fraction of sp³-hybridized carbons (Fsp3) is 0.533. The Kier molecular flexibility index (Phi) is 5.89. The molecule has 1 amide bonds. The van der Waals surface area contributed by atoms with Crippen LogP contribution in [0.4, 0.5) is 0 Å². The van der Waals surface area contributed by atoms with Gasteiger partial charge in [-0.3, -0.25) is 4.79 Å². The van der Waals surface area contributed by atoms with Crippen LogP contribution < -0.4 is 5.32 Å². The lowest BCUT2D eigenvalue weighted by molar-refractivity contribution is -0.158. The van der Waals surface area contributed by atoms with Gasteiger partial charge in [-0.25, -0.2) is 9.78 Å². The maximum Gasteiger partial charge on any atom is 0.329 e. The molecule has 0 aliphatic carbocycles. The molecule has 0 unspecified atom stereocenters. The van der Waals surface area contributed by atoms with Crippen molar-refractivity contribution in [2.45, 2.75) is 46.3 Å². The Labute approximate surface area is 133 Å². The number of carbonyl (C=O) groups excluding carboxylic acids is 2. The summed E-state index contributed by atoms with van der Waals surface area (Å²) in [6.07, 6.45) is 1.53. The van der Waals surface area contributed by atoms with Gasteiger partial charge in [0.15, 0.2) is 0 Å². The summed E-state index contributed by atoms with van der Waals surface area (Å²) >= 11 is 3.26. The topological polar surface area (TPSA) is 68.3 Å². The van der Waals surface area contributed by atoms with E-state index in [0.717, 1.165) is 4.47 Å². The Morgan fingerprint density at radius 1 is 1.29 bits per heavy atom. The molecule has 0 aliphatic heterocycles. The molecule has 0 aliphatic rings. The summed E-state index contributed by atoms with van der Waals surface area (Å²) in [5, 5.41) is 2.68. The zero-order chi connectivity index (χ0) is 16.2. The summed E-state index contributed by atoms with van der Waals surface area (Å²) in [6, 6.07) is 2.60. The van der Waals surface area contributed by atoms with E-state index in [2.05, 4.69) is 26.2 Å². The van der Waals surface area contributed by atoms with Crippen LogP contribution in [0.15, 0.2) is 22.8 Å². The Morgan fingerprint density at radius 3 is 2.33 bits per heavy atom. The van der Waals surface area contributed by atoms with E-state index >= 15 is 0 Å². The molecule has 21 heavy (non-hydrogen) atoms. The molecule has 0 aromatic carbocycles. The summed E-state index contributed by atoms with van der Waals surface area (Å²) in [4.78, 5) is 28.3. The summed E-state index contributed by atoms with van der Waals surface area (Å²) in [6.45, 7) is 9.08. The highest BCUT2D eigenvalue weighted by molar-refractivity contribution is 9.10. The minimum absolute atomic E-state index is 0.0840. The van der Waals surface area contributed by atoms with Gasteiger partial charge < -0.3 is 10.1 Å². The first-order valence-electron chi connectivity index (χ1n) is 6.75. The van der Waals surface area contributed by atoms with E-state index in [1.807, 2.05) is 13.8 Å². The summed E-state index contributed by atoms with van der Waals surface area (Å²) in [7, 11) is 0. The number of esters is 1. The van der Waals surface area contributed by atoms with Crippen molar-refractivity contribution in [2.24, 2.45) is 5.92 Å². The van der Waals surface area contributed by atoms with E-state index in [9.17, 15) is 9.59 Å². The number of hydrogen-bond donors (Lipinski definition) is 1. The van der Waals surface area contributed by atoms with Crippen molar-refractivity contribution in [3.8, 4) is 0 Å². The van der Waals surface area contributed by atoms with Crippen LogP contribution in [0.3, 0.4) is 0 Å². The quantitative estimate of drug-likeness (QED) is 0.842. The SMILES string of the molecule is CC(C)[C@H](NC(=O)c1ccc(Br)cn1)C(=O)OC(C)(C)C. The van der Waals surface area contributed by atoms with Crippen molar-refractivity contribution in [1.82, 2.24) is 10.3 Å². The molecule has 0 saturated carbocycles. The van der Waals surface area contributed by atoms with Crippen molar-refractivity contribution in [2.75, 3.05) is 0 Å². The fourth-order valence-corrected chi connectivity index (χ4v) is 1.82. The molecule has 6 heteroatoms. The van der Waals surface area contributed by atoms with Gasteiger partial charge in [-0.15, -0.1) is 0 Å². The Balaban J connectivity index is 2.81. The first-order valence-corrected chi connectivity index (χ1v) is 7.55. The minimum Gasteiger partial charge on any atom is -0.458 e. The third kappa shape index (κ3) is 5.83. The van der Waals surface area contributed by atoms with Crippen molar-refractivity contribution in [3.05, 3.63) is 28.5 Å². The summed E-state index contributed by atoms with van der Waals surface area (Å²) in [5.41, 5.74) is -0.336. The molecule has 1 aromatic heterocycles. The van der Waals surface area contributed by atoms with Crippen LogP contribution in [-0.4, -0.2) is 28.5 Å². The van der Waals surface area contributed by atoms with Gasteiger partial charge in [0.1, 0.15) is 17.3 Å². The minimum atomic E-state index is -0.706. The molecule has 1 aromatic rings. The smallest absolute Gasteiger partial charge is 0.329 e. The highest BCUT2D eigenvalue weighted by atomic mass is 79.9. The van der Waals surface area contributed by atoms with Gasteiger partial charge >= 0.3 is 5.97 Å². The Hall–Kier alpha value is -1.43. The number of aromatic nitrogens is 1. The molecular formula is C15H21BrN2O3. The number of hydrogen-bond acceptors (Lipinski definition) is 4. The lowest BCUT2D eigenvalue weighted by Gasteiger charge is -2.26. The van der Waals surface area contributed by atoms with Gasteiger partial charge in [-0.2, -0.15) is 0 Å². The van der Waals surface area contributed by atoms with E-state index in [-0.39, 0.29) is 11.6 Å². The van der Waals surface area contributed by atoms with Crippen LogP contribution >= 0.6 is 15.9 Å². The van der Waals surface area contributed by atoms with E-state index in [4.69, 9.17) is 4.74 Å². The van der Waals surface area contributed by atoms with Crippen molar-refractivity contribution < 1.29 is 14.3 Å². The number of amides is 1. The second-order valence-corrected chi connectivity index (χ2v) is 7.01. The van der Waals surface area contributed by atoms with E-state index < -0.39 is 23.5 Å². The van der Waals surface area contributed by atoms with E-state index in [1.54, 1.807) is 32.9 Å². The number of nitrogens with one attached hydrogen (secondary N) is 1. The molecule has 0 saturated heterocycles.